The Labute approximate surface area is 98.2 Å². The third kappa shape index (κ3) is 3.89. The van der Waals surface area contributed by atoms with Crippen molar-refractivity contribution in [3.05, 3.63) is 34.1 Å². The maximum absolute atomic E-state index is 13.3. The fourth-order valence-electron chi connectivity index (χ4n) is 1.14. The number of rotatable bonds is 4. The van der Waals surface area contributed by atoms with E-state index >= 15 is 0 Å². The normalized spacial score (nSPS) is 15.0. The lowest BCUT2D eigenvalue weighted by molar-refractivity contribution is 0.469. The molecule has 1 aromatic rings. The summed E-state index contributed by atoms with van der Waals surface area (Å²) in [5.41, 5.74) is 6.35. The molecule has 0 aliphatic heterocycles. The summed E-state index contributed by atoms with van der Waals surface area (Å²) in [7, 11) is 0. The monoisotopic (exact) mass is 274 g/mol. The molecule has 4 heteroatoms. The Balaban J connectivity index is 2.61. The van der Waals surface area contributed by atoms with Crippen molar-refractivity contribution < 1.29 is 4.39 Å². The molecule has 84 valence electrons. The summed E-state index contributed by atoms with van der Waals surface area (Å²) in [6.45, 7) is 4.41. The average molecular weight is 275 g/mol. The number of benzene rings is 1. The zero-order valence-electron chi connectivity index (χ0n) is 8.93. The van der Waals surface area contributed by atoms with E-state index in [1.54, 1.807) is 12.1 Å². The topological polar surface area (TPSA) is 38.0 Å². The highest BCUT2D eigenvalue weighted by molar-refractivity contribution is 9.10. The van der Waals surface area contributed by atoms with Gasteiger partial charge in [0.1, 0.15) is 5.82 Å². The first-order valence-corrected chi connectivity index (χ1v) is 5.73. The highest BCUT2D eigenvalue weighted by atomic mass is 79.9. The molecule has 0 amide bonds. The molecule has 1 rings (SSSR count). The Morgan fingerprint density at radius 2 is 2.13 bits per heavy atom. The van der Waals surface area contributed by atoms with Crippen LogP contribution >= 0.6 is 15.9 Å². The minimum Gasteiger partial charge on any atom is -0.327 e. The molecule has 0 bridgehead atoms. The molecule has 2 unspecified atom stereocenters. The molecule has 2 nitrogen and oxygen atoms in total. The predicted molar refractivity (Wildman–Crippen MR) is 64.1 cm³/mol. The molecule has 0 radical (unpaired) electrons. The third-order valence-electron chi connectivity index (χ3n) is 2.41. The van der Waals surface area contributed by atoms with Crippen molar-refractivity contribution in [2.24, 2.45) is 5.73 Å². The van der Waals surface area contributed by atoms with Gasteiger partial charge in [-0.1, -0.05) is 15.9 Å². The Morgan fingerprint density at radius 3 is 2.73 bits per heavy atom. The quantitative estimate of drug-likeness (QED) is 0.885. The highest BCUT2D eigenvalue weighted by Crippen LogP contribution is 2.15. The number of hydrogen-bond donors (Lipinski definition) is 2. The molecule has 0 aliphatic carbocycles. The molecule has 0 fully saturated rings. The lowest BCUT2D eigenvalue weighted by Gasteiger charge is -2.17. The molecule has 0 saturated heterocycles. The molecular formula is C11H16BrFN2. The van der Waals surface area contributed by atoms with Crippen molar-refractivity contribution in [2.45, 2.75) is 32.5 Å². The van der Waals surface area contributed by atoms with Crippen molar-refractivity contribution in [1.29, 1.82) is 0 Å². The van der Waals surface area contributed by atoms with Crippen LogP contribution in [-0.4, -0.2) is 12.1 Å². The maximum Gasteiger partial charge on any atom is 0.127 e. The molecule has 15 heavy (non-hydrogen) atoms. The van der Waals surface area contributed by atoms with Crippen LogP contribution in [0.25, 0.3) is 0 Å². The lowest BCUT2D eigenvalue weighted by Crippen LogP contribution is -2.40. The molecule has 2 atom stereocenters. The SMILES string of the molecule is CC(N)C(C)NCc1cc(Br)ccc1F. The first kappa shape index (κ1) is 12.6. The first-order chi connectivity index (χ1) is 7.00. The van der Waals surface area contributed by atoms with E-state index < -0.39 is 0 Å². The number of hydrogen-bond acceptors (Lipinski definition) is 2. The van der Waals surface area contributed by atoms with Gasteiger partial charge in [0.25, 0.3) is 0 Å². The highest BCUT2D eigenvalue weighted by Gasteiger charge is 2.08. The minimum atomic E-state index is -0.192. The van der Waals surface area contributed by atoms with Crippen LogP contribution in [0.15, 0.2) is 22.7 Å². The summed E-state index contributed by atoms with van der Waals surface area (Å²) in [6.07, 6.45) is 0. The van der Waals surface area contributed by atoms with Gasteiger partial charge in [0, 0.05) is 28.7 Å². The Hall–Kier alpha value is -0.450. The summed E-state index contributed by atoms with van der Waals surface area (Å²) in [4.78, 5) is 0. The van der Waals surface area contributed by atoms with Crippen LogP contribution in [0.1, 0.15) is 19.4 Å². The fourth-order valence-corrected chi connectivity index (χ4v) is 1.54. The largest absolute Gasteiger partial charge is 0.327 e. The van der Waals surface area contributed by atoms with Gasteiger partial charge in [-0.05, 0) is 32.0 Å². The minimum absolute atomic E-state index is 0.0558. The van der Waals surface area contributed by atoms with Crippen LogP contribution in [-0.2, 0) is 6.54 Å². The van der Waals surface area contributed by atoms with Gasteiger partial charge in [0.2, 0.25) is 0 Å². The van der Waals surface area contributed by atoms with Crippen LogP contribution in [0.3, 0.4) is 0 Å². The van der Waals surface area contributed by atoms with Gasteiger partial charge in [-0.3, -0.25) is 0 Å². The van der Waals surface area contributed by atoms with Crippen LogP contribution in [0.4, 0.5) is 4.39 Å². The Bertz CT molecular complexity index is 328. The average Bonchev–Trinajstić information content (AvgIpc) is 2.18. The van der Waals surface area contributed by atoms with E-state index in [1.807, 2.05) is 13.8 Å². The number of nitrogens with two attached hydrogens (primary N) is 1. The lowest BCUT2D eigenvalue weighted by atomic mass is 10.1. The Morgan fingerprint density at radius 1 is 1.47 bits per heavy atom. The van der Waals surface area contributed by atoms with Gasteiger partial charge >= 0.3 is 0 Å². The van der Waals surface area contributed by atoms with Gasteiger partial charge in [0.15, 0.2) is 0 Å². The summed E-state index contributed by atoms with van der Waals surface area (Å²) < 4.78 is 14.2. The van der Waals surface area contributed by atoms with E-state index in [0.29, 0.717) is 12.1 Å². The van der Waals surface area contributed by atoms with E-state index in [4.69, 9.17) is 5.73 Å². The van der Waals surface area contributed by atoms with E-state index in [1.165, 1.54) is 6.07 Å². The van der Waals surface area contributed by atoms with Gasteiger partial charge in [0.05, 0.1) is 0 Å². The second-order valence-electron chi connectivity index (χ2n) is 3.76. The number of nitrogens with one attached hydrogen (secondary N) is 1. The van der Waals surface area contributed by atoms with Crippen molar-refractivity contribution in [3.8, 4) is 0 Å². The van der Waals surface area contributed by atoms with E-state index in [-0.39, 0.29) is 17.9 Å². The predicted octanol–water partition coefficient (Wildman–Crippen LogP) is 2.41. The van der Waals surface area contributed by atoms with Crippen molar-refractivity contribution >= 4 is 15.9 Å². The van der Waals surface area contributed by atoms with Gasteiger partial charge in [-0.25, -0.2) is 4.39 Å². The van der Waals surface area contributed by atoms with Crippen molar-refractivity contribution in [1.82, 2.24) is 5.32 Å². The molecule has 0 aromatic heterocycles. The molecule has 1 aromatic carbocycles. The van der Waals surface area contributed by atoms with Crippen LogP contribution < -0.4 is 11.1 Å². The van der Waals surface area contributed by atoms with Crippen LogP contribution in [0.2, 0.25) is 0 Å². The second-order valence-corrected chi connectivity index (χ2v) is 4.68. The molecule has 0 aliphatic rings. The zero-order valence-corrected chi connectivity index (χ0v) is 10.5. The smallest absolute Gasteiger partial charge is 0.127 e. The molecule has 0 heterocycles. The summed E-state index contributed by atoms with van der Waals surface area (Å²) in [5, 5.41) is 3.18. The van der Waals surface area contributed by atoms with E-state index in [2.05, 4.69) is 21.2 Å². The summed E-state index contributed by atoms with van der Waals surface area (Å²) in [6, 6.07) is 5.14. The van der Waals surface area contributed by atoms with Crippen LogP contribution in [0, 0.1) is 5.82 Å². The standard InChI is InChI=1S/C11H16BrFN2/c1-7(14)8(2)15-6-9-5-10(12)3-4-11(9)13/h3-5,7-8,15H,6,14H2,1-2H3. The van der Waals surface area contributed by atoms with Gasteiger partial charge < -0.3 is 11.1 Å². The van der Waals surface area contributed by atoms with Gasteiger partial charge in [-0.15, -0.1) is 0 Å². The zero-order chi connectivity index (χ0) is 11.4. The van der Waals surface area contributed by atoms with Crippen molar-refractivity contribution in [3.63, 3.8) is 0 Å². The van der Waals surface area contributed by atoms with E-state index in [9.17, 15) is 4.39 Å². The van der Waals surface area contributed by atoms with Crippen molar-refractivity contribution in [2.75, 3.05) is 0 Å². The summed E-state index contributed by atoms with van der Waals surface area (Å²) >= 11 is 3.31. The summed E-state index contributed by atoms with van der Waals surface area (Å²) in [5.74, 6) is -0.192. The Kier molecular flexibility index (Phi) is 4.70. The fraction of sp³-hybridized carbons (Fsp3) is 0.455. The van der Waals surface area contributed by atoms with Crippen LogP contribution in [0.5, 0.6) is 0 Å². The third-order valence-corrected chi connectivity index (χ3v) is 2.90. The molecular weight excluding hydrogens is 259 g/mol. The first-order valence-electron chi connectivity index (χ1n) is 4.93. The van der Waals surface area contributed by atoms with E-state index in [0.717, 1.165) is 4.47 Å². The maximum atomic E-state index is 13.3. The van der Waals surface area contributed by atoms with Gasteiger partial charge in [-0.2, -0.15) is 0 Å². The molecule has 3 N–H and O–H groups in total. The molecule has 0 saturated carbocycles. The number of halogens is 2. The second kappa shape index (κ2) is 5.58. The molecule has 0 spiro atoms.